The summed E-state index contributed by atoms with van der Waals surface area (Å²) in [7, 11) is 1.86. The van der Waals surface area contributed by atoms with Crippen LogP contribution in [0.25, 0.3) is 0 Å². The maximum Gasteiger partial charge on any atom is 0.227 e. The van der Waals surface area contributed by atoms with Crippen LogP contribution in [0.15, 0.2) is 24.3 Å². The maximum atomic E-state index is 11.8. The Bertz CT molecular complexity index is 584. The molecule has 3 rings (SSSR count). The summed E-state index contributed by atoms with van der Waals surface area (Å²) in [5.74, 6) is 0.453. The van der Waals surface area contributed by atoms with E-state index in [0.29, 0.717) is 18.9 Å². The largest absolute Gasteiger partial charge is 0.344 e. The fourth-order valence-corrected chi connectivity index (χ4v) is 3.46. The van der Waals surface area contributed by atoms with Gasteiger partial charge in [-0.1, -0.05) is 12.1 Å². The number of likely N-dealkylation sites (tertiary alicyclic amines) is 1. The van der Waals surface area contributed by atoms with E-state index in [-0.39, 0.29) is 17.9 Å². The Morgan fingerprint density at radius 3 is 2.48 bits per heavy atom. The second-order valence-electron chi connectivity index (χ2n) is 6.64. The van der Waals surface area contributed by atoms with Gasteiger partial charge in [-0.05, 0) is 37.5 Å². The van der Waals surface area contributed by atoms with Crippen LogP contribution in [0.3, 0.4) is 0 Å². The number of anilines is 1. The molecule has 0 radical (unpaired) electrons. The highest BCUT2D eigenvalue weighted by atomic mass is 16.2. The van der Waals surface area contributed by atoms with Crippen LogP contribution in [-0.2, 0) is 9.59 Å². The number of rotatable bonds is 4. The predicted molar refractivity (Wildman–Crippen MR) is 90.2 cm³/mol. The summed E-state index contributed by atoms with van der Waals surface area (Å²) in [5.41, 5.74) is 2.20. The van der Waals surface area contributed by atoms with Crippen LogP contribution in [0.4, 0.5) is 5.69 Å². The van der Waals surface area contributed by atoms with E-state index < -0.39 is 0 Å². The molecule has 2 unspecified atom stereocenters. The lowest BCUT2D eigenvalue weighted by atomic mass is 10.0. The third kappa shape index (κ3) is 3.55. The second kappa shape index (κ2) is 6.71. The molecule has 124 valence electrons. The Morgan fingerprint density at radius 1 is 1.13 bits per heavy atom. The first-order chi connectivity index (χ1) is 11.0. The molecular weight excluding hydrogens is 290 g/mol. The first-order valence-corrected chi connectivity index (χ1v) is 8.45. The summed E-state index contributed by atoms with van der Waals surface area (Å²) in [6.07, 6.45) is 3.13. The van der Waals surface area contributed by atoms with Crippen molar-refractivity contribution < 1.29 is 9.59 Å². The molecule has 0 aromatic heterocycles. The number of piperidine rings is 1. The zero-order chi connectivity index (χ0) is 16.4. The third-order valence-corrected chi connectivity index (χ3v) is 4.89. The van der Waals surface area contributed by atoms with E-state index in [1.807, 2.05) is 24.1 Å². The smallest absolute Gasteiger partial charge is 0.227 e. The van der Waals surface area contributed by atoms with Crippen molar-refractivity contribution in [2.45, 2.75) is 44.7 Å². The van der Waals surface area contributed by atoms with E-state index in [1.54, 1.807) is 4.90 Å². The molecule has 2 aliphatic heterocycles. The molecule has 0 saturated carbocycles. The van der Waals surface area contributed by atoms with Crippen molar-refractivity contribution in [2.75, 3.05) is 25.0 Å². The SMILES string of the molecule is CC(NC1CCC(=O)N(C)C1)c1ccc(N2CCCC2=O)cc1. The average Bonchev–Trinajstić information content (AvgIpc) is 2.97. The maximum absolute atomic E-state index is 11.8. The van der Waals surface area contributed by atoms with Gasteiger partial charge in [-0.15, -0.1) is 0 Å². The Kier molecular flexibility index (Phi) is 4.66. The molecule has 2 aliphatic rings. The standard InChI is InChI=1S/C18H25N3O2/c1-13(19-15-7-10-17(22)20(2)12-15)14-5-8-16(9-6-14)21-11-3-4-18(21)23/h5-6,8-9,13,15,19H,3-4,7,10-12H2,1-2H3. The summed E-state index contributed by atoms with van der Waals surface area (Å²) >= 11 is 0. The molecule has 2 fully saturated rings. The molecule has 1 aromatic rings. The number of likely N-dealkylation sites (N-methyl/N-ethyl adjacent to an activating group) is 1. The molecule has 2 heterocycles. The van der Waals surface area contributed by atoms with Gasteiger partial charge in [0.1, 0.15) is 0 Å². The van der Waals surface area contributed by atoms with Crippen LogP contribution in [-0.4, -0.2) is 42.9 Å². The highest BCUT2D eigenvalue weighted by Crippen LogP contribution is 2.24. The highest BCUT2D eigenvalue weighted by molar-refractivity contribution is 5.95. The van der Waals surface area contributed by atoms with Crippen LogP contribution in [0.5, 0.6) is 0 Å². The molecule has 1 aromatic carbocycles. The molecule has 2 amide bonds. The van der Waals surface area contributed by atoms with Crippen LogP contribution >= 0.6 is 0 Å². The van der Waals surface area contributed by atoms with Gasteiger partial charge in [-0.25, -0.2) is 0 Å². The van der Waals surface area contributed by atoms with Crippen molar-refractivity contribution in [3.8, 4) is 0 Å². The van der Waals surface area contributed by atoms with Gasteiger partial charge in [-0.2, -0.15) is 0 Å². The molecule has 0 aliphatic carbocycles. The van der Waals surface area contributed by atoms with Gasteiger partial charge < -0.3 is 15.1 Å². The number of benzene rings is 1. The molecule has 0 bridgehead atoms. The first-order valence-electron chi connectivity index (χ1n) is 8.45. The van der Waals surface area contributed by atoms with E-state index in [2.05, 4.69) is 24.4 Å². The molecule has 2 saturated heterocycles. The van der Waals surface area contributed by atoms with Gasteiger partial charge >= 0.3 is 0 Å². The van der Waals surface area contributed by atoms with E-state index >= 15 is 0 Å². The van der Waals surface area contributed by atoms with Gasteiger partial charge in [0.05, 0.1) is 0 Å². The minimum absolute atomic E-state index is 0.221. The number of nitrogens with one attached hydrogen (secondary N) is 1. The average molecular weight is 315 g/mol. The lowest BCUT2D eigenvalue weighted by Crippen LogP contribution is -2.47. The number of nitrogens with zero attached hydrogens (tertiary/aromatic N) is 2. The van der Waals surface area contributed by atoms with Crippen LogP contribution in [0.2, 0.25) is 0 Å². The number of carbonyl (C=O) groups excluding carboxylic acids is 2. The second-order valence-corrected chi connectivity index (χ2v) is 6.64. The van der Waals surface area contributed by atoms with E-state index in [9.17, 15) is 9.59 Å². The summed E-state index contributed by atoms with van der Waals surface area (Å²) < 4.78 is 0. The van der Waals surface area contributed by atoms with Crippen molar-refractivity contribution in [1.29, 1.82) is 0 Å². The van der Waals surface area contributed by atoms with Crippen LogP contribution in [0.1, 0.15) is 44.2 Å². The summed E-state index contributed by atoms with van der Waals surface area (Å²) in [5, 5.41) is 3.61. The summed E-state index contributed by atoms with van der Waals surface area (Å²) in [6, 6.07) is 8.82. The van der Waals surface area contributed by atoms with Gasteiger partial charge in [0.15, 0.2) is 0 Å². The fraction of sp³-hybridized carbons (Fsp3) is 0.556. The van der Waals surface area contributed by atoms with E-state index in [0.717, 1.165) is 31.6 Å². The van der Waals surface area contributed by atoms with Gasteiger partial charge in [0.2, 0.25) is 11.8 Å². The lowest BCUT2D eigenvalue weighted by molar-refractivity contribution is -0.132. The number of amides is 2. The zero-order valence-corrected chi connectivity index (χ0v) is 13.9. The van der Waals surface area contributed by atoms with Gasteiger partial charge in [-0.3, -0.25) is 9.59 Å². The highest BCUT2D eigenvalue weighted by Gasteiger charge is 2.24. The van der Waals surface area contributed by atoms with Crippen molar-refractivity contribution in [3.63, 3.8) is 0 Å². The monoisotopic (exact) mass is 315 g/mol. The minimum Gasteiger partial charge on any atom is -0.344 e. The topological polar surface area (TPSA) is 52.7 Å². The molecule has 5 nitrogen and oxygen atoms in total. The summed E-state index contributed by atoms with van der Waals surface area (Å²) in [6.45, 7) is 3.74. The van der Waals surface area contributed by atoms with Gasteiger partial charge in [0, 0.05) is 50.7 Å². The molecule has 1 N–H and O–H groups in total. The van der Waals surface area contributed by atoms with Crippen molar-refractivity contribution >= 4 is 17.5 Å². The minimum atomic E-state index is 0.221. The number of carbonyl (C=O) groups is 2. The quantitative estimate of drug-likeness (QED) is 0.925. The molecule has 23 heavy (non-hydrogen) atoms. The molecule has 5 heteroatoms. The Labute approximate surface area is 137 Å². The predicted octanol–water partition coefficient (Wildman–Crippen LogP) is 2.08. The lowest BCUT2D eigenvalue weighted by Gasteiger charge is -2.32. The van der Waals surface area contributed by atoms with Crippen LogP contribution in [0, 0.1) is 0 Å². The first kappa shape index (κ1) is 16.0. The van der Waals surface area contributed by atoms with E-state index in [1.165, 1.54) is 5.56 Å². The van der Waals surface area contributed by atoms with Crippen molar-refractivity contribution in [1.82, 2.24) is 10.2 Å². The Hall–Kier alpha value is -1.88. The zero-order valence-electron chi connectivity index (χ0n) is 13.9. The molecule has 0 spiro atoms. The Morgan fingerprint density at radius 2 is 1.87 bits per heavy atom. The van der Waals surface area contributed by atoms with E-state index in [4.69, 9.17) is 0 Å². The third-order valence-electron chi connectivity index (χ3n) is 4.89. The Balaban J connectivity index is 1.60. The van der Waals surface area contributed by atoms with Crippen molar-refractivity contribution in [2.24, 2.45) is 0 Å². The van der Waals surface area contributed by atoms with Crippen LogP contribution < -0.4 is 10.2 Å². The molecule has 2 atom stereocenters. The number of hydrogen-bond donors (Lipinski definition) is 1. The number of hydrogen-bond acceptors (Lipinski definition) is 3. The summed E-state index contributed by atoms with van der Waals surface area (Å²) in [4.78, 5) is 27.0. The normalized spacial score (nSPS) is 23.5. The van der Waals surface area contributed by atoms with Gasteiger partial charge in [0.25, 0.3) is 0 Å². The van der Waals surface area contributed by atoms with Crippen molar-refractivity contribution in [3.05, 3.63) is 29.8 Å². The molecular formula is C18H25N3O2. The fourth-order valence-electron chi connectivity index (χ4n) is 3.46.